The van der Waals surface area contributed by atoms with Crippen LogP contribution in [0.5, 0.6) is 5.75 Å². The van der Waals surface area contributed by atoms with E-state index in [0.29, 0.717) is 5.57 Å². The summed E-state index contributed by atoms with van der Waals surface area (Å²) in [6, 6.07) is 7.76. The minimum Gasteiger partial charge on any atom is -0.497 e. The van der Waals surface area contributed by atoms with Crippen LogP contribution >= 0.6 is 0 Å². The van der Waals surface area contributed by atoms with Gasteiger partial charge in [0.05, 0.1) is 12.7 Å². The second-order valence-electron chi connectivity index (χ2n) is 8.35. The van der Waals surface area contributed by atoms with Gasteiger partial charge < -0.3 is 9.57 Å². The second kappa shape index (κ2) is 5.45. The van der Waals surface area contributed by atoms with E-state index < -0.39 is 0 Å². The van der Waals surface area contributed by atoms with Crippen molar-refractivity contribution in [1.82, 2.24) is 0 Å². The predicted molar refractivity (Wildman–Crippen MR) is 95.1 cm³/mol. The van der Waals surface area contributed by atoms with Gasteiger partial charge >= 0.3 is 5.97 Å². The summed E-state index contributed by atoms with van der Waals surface area (Å²) in [5.41, 5.74) is 2.63. The number of carbonyl (C=O) groups is 1. The van der Waals surface area contributed by atoms with Crippen molar-refractivity contribution >= 4 is 17.8 Å². The van der Waals surface area contributed by atoms with E-state index in [0.717, 1.165) is 34.8 Å². The summed E-state index contributed by atoms with van der Waals surface area (Å²) in [5.74, 6) is 2.94. The third-order valence-corrected chi connectivity index (χ3v) is 6.66. The van der Waals surface area contributed by atoms with E-state index >= 15 is 0 Å². The van der Waals surface area contributed by atoms with Crippen LogP contribution in [-0.2, 0) is 9.63 Å². The van der Waals surface area contributed by atoms with Crippen molar-refractivity contribution in [2.24, 2.45) is 28.3 Å². The Hall–Kier alpha value is -2.10. The highest BCUT2D eigenvalue weighted by atomic mass is 16.7. The van der Waals surface area contributed by atoms with E-state index in [4.69, 9.17) is 9.57 Å². The summed E-state index contributed by atoms with van der Waals surface area (Å²) in [4.78, 5) is 17.5. The molecule has 1 aromatic carbocycles. The van der Waals surface area contributed by atoms with Crippen LogP contribution in [0.25, 0.3) is 6.08 Å². The molecule has 1 heterocycles. The number of oxime groups is 1. The van der Waals surface area contributed by atoms with Crippen molar-refractivity contribution < 1.29 is 14.4 Å². The molecule has 4 nitrogen and oxygen atoms in total. The van der Waals surface area contributed by atoms with Crippen LogP contribution in [0.1, 0.15) is 44.1 Å². The van der Waals surface area contributed by atoms with Crippen LogP contribution in [0, 0.1) is 23.2 Å². The van der Waals surface area contributed by atoms with Gasteiger partial charge in [0.2, 0.25) is 0 Å². The SMILES string of the molecule is COc1ccc(C=C2C(=O)ON=C2C23CC4CC(CC(C4)C2)C3)cc1. The van der Waals surface area contributed by atoms with Gasteiger partial charge in [-0.25, -0.2) is 4.79 Å². The highest BCUT2D eigenvalue weighted by molar-refractivity contribution is 6.27. The average Bonchev–Trinajstić information content (AvgIpc) is 2.96. The second-order valence-corrected chi connectivity index (χ2v) is 8.35. The molecule has 0 radical (unpaired) electrons. The fraction of sp³-hybridized carbons (Fsp3) is 0.524. The van der Waals surface area contributed by atoms with Gasteiger partial charge in [-0.1, -0.05) is 17.3 Å². The van der Waals surface area contributed by atoms with E-state index in [-0.39, 0.29) is 11.4 Å². The lowest BCUT2D eigenvalue weighted by molar-refractivity contribution is -0.136. The topological polar surface area (TPSA) is 47.9 Å². The van der Waals surface area contributed by atoms with Gasteiger partial charge in [0.15, 0.2) is 0 Å². The lowest BCUT2D eigenvalue weighted by Gasteiger charge is -2.56. The first kappa shape index (κ1) is 15.2. The van der Waals surface area contributed by atoms with Crippen molar-refractivity contribution in [1.29, 1.82) is 0 Å². The first-order valence-electron chi connectivity index (χ1n) is 9.31. The van der Waals surface area contributed by atoms with Crippen molar-refractivity contribution in [3.63, 3.8) is 0 Å². The standard InChI is InChI=1S/C21H23NO3/c1-24-17-4-2-13(3-5-17)9-18-19(22-25-20(18)23)21-10-14-6-15(11-21)8-16(7-14)12-21/h2-5,9,14-16H,6-8,10-12H2,1H3. The molecule has 0 saturated heterocycles. The van der Waals surface area contributed by atoms with Gasteiger partial charge in [-0.2, -0.15) is 0 Å². The summed E-state index contributed by atoms with van der Waals surface area (Å²) in [6.07, 6.45) is 9.58. The summed E-state index contributed by atoms with van der Waals surface area (Å²) in [7, 11) is 1.65. The fourth-order valence-electron chi connectivity index (χ4n) is 6.06. The first-order chi connectivity index (χ1) is 12.1. The molecule has 1 aromatic rings. The molecule has 25 heavy (non-hydrogen) atoms. The number of benzene rings is 1. The molecule has 0 aromatic heterocycles. The molecule has 4 aliphatic carbocycles. The molecular weight excluding hydrogens is 314 g/mol. The van der Waals surface area contributed by atoms with Crippen molar-refractivity contribution in [3.8, 4) is 5.75 Å². The molecular formula is C21H23NO3. The molecule has 0 N–H and O–H groups in total. The maximum atomic E-state index is 12.4. The van der Waals surface area contributed by atoms with Gasteiger partial charge in [0, 0.05) is 5.41 Å². The molecule has 0 unspecified atom stereocenters. The highest BCUT2D eigenvalue weighted by Gasteiger charge is 2.55. The molecule has 5 aliphatic rings. The minimum atomic E-state index is -0.304. The average molecular weight is 337 g/mol. The molecule has 4 fully saturated rings. The first-order valence-corrected chi connectivity index (χ1v) is 9.31. The van der Waals surface area contributed by atoms with Gasteiger partial charge in [0.25, 0.3) is 0 Å². The van der Waals surface area contributed by atoms with Crippen LogP contribution in [0.15, 0.2) is 35.0 Å². The Morgan fingerprint density at radius 2 is 1.68 bits per heavy atom. The summed E-state index contributed by atoms with van der Waals surface area (Å²) < 4.78 is 5.21. The smallest absolute Gasteiger partial charge is 0.367 e. The zero-order valence-corrected chi connectivity index (χ0v) is 14.5. The molecule has 6 rings (SSSR count). The Balaban J connectivity index is 1.50. The molecule has 130 valence electrons. The molecule has 4 bridgehead atoms. The third kappa shape index (κ3) is 2.42. The van der Waals surface area contributed by atoms with Crippen molar-refractivity contribution in [2.75, 3.05) is 7.11 Å². The summed E-state index contributed by atoms with van der Waals surface area (Å²) >= 11 is 0. The third-order valence-electron chi connectivity index (χ3n) is 6.66. The van der Waals surface area contributed by atoms with Crippen LogP contribution in [0.4, 0.5) is 0 Å². The van der Waals surface area contributed by atoms with E-state index in [1.807, 2.05) is 30.3 Å². The number of carbonyl (C=O) groups excluding carboxylic acids is 1. The lowest BCUT2D eigenvalue weighted by Crippen LogP contribution is -2.50. The Bertz CT molecular complexity index is 740. The molecule has 4 heteroatoms. The van der Waals surface area contributed by atoms with E-state index in [1.54, 1.807) is 7.11 Å². The number of hydrogen-bond donors (Lipinski definition) is 0. The fourth-order valence-corrected chi connectivity index (χ4v) is 6.06. The molecule has 0 amide bonds. The van der Waals surface area contributed by atoms with Gasteiger partial charge in [-0.05, 0) is 80.1 Å². The van der Waals surface area contributed by atoms with Crippen molar-refractivity contribution in [3.05, 3.63) is 35.4 Å². The number of nitrogens with zero attached hydrogens (tertiary/aromatic N) is 1. The summed E-state index contributed by atoms with van der Waals surface area (Å²) in [6.45, 7) is 0. The van der Waals surface area contributed by atoms with Gasteiger partial charge in [0.1, 0.15) is 11.5 Å². The zero-order valence-electron chi connectivity index (χ0n) is 14.5. The number of methoxy groups -OCH3 is 1. The maximum absolute atomic E-state index is 12.4. The number of rotatable bonds is 3. The number of hydrogen-bond acceptors (Lipinski definition) is 4. The van der Waals surface area contributed by atoms with E-state index in [9.17, 15) is 4.79 Å². The Kier molecular flexibility index (Phi) is 3.31. The highest BCUT2D eigenvalue weighted by Crippen LogP contribution is 2.61. The Morgan fingerprint density at radius 3 is 2.24 bits per heavy atom. The van der Waals surface area contributed by atoms with Crippen LogP contribution in [-0.4, -0.2) is 18.8 Å². The predicted octanol–water partition coefficient (Wildman–Crippen LogP) is 4.21. The van der Waals surface area contributed by atoms with Crippen LogP contribution in [0.3, 0.4) is 0 Å². The zero-order chi connectivity index (χ0) is 17.0. The molecule has 4 saturated carbocycles. The minimum absolute atomic E-state index is 0.0687. The normalized spacial score (nSPS) is 37.3. The number of ether oxygens (including phenoxy) is 1. The largest absolute Gasteiger partial charge is 0.497 e. The van der Waals surface area contributed by atoms with E-state index in [1.165, 1.54) is 38.5 Å². The monoisotopic (exact) mass is 337 g/mol. The van der Waals surface area contributed by atoms with Crippen molar-refractivity contribution in [2.45, 2.75) is 38.5 Å². The van der Waals surface area contributed by atoms with Crippen LogP contribution in [0.2, 0.25) is 0 Å². The lowest BCUT2D eigenvalue weighted by atomic mass is 9.48. The Labute approximate surface area is 147 Å². The molecule has 1 aliphatic heterocycles. The Morgan fingerprint density at radius 1 is 1.08 bits per heavy atom. The van der Waals surface area contributed by atoms with Gasteiger partial charge in [-0.3, -0.25) is 0 Å². The van der Waals surface area contributed by atoms with E-state index in [2.05, 4.69) is 5.16 Å². The maximum Gasteiger partial charge on any atom is 0.367 e. The summed E-state index contributed by atoms with van der Waals surface area (Å²) in [5, 5.41) is 4.29. The molecule has 0 atom stereocenters. The van der Waals surface area contributed by atoms with Crippen LogP contribution < -0.4 is 4.74 Å². The van der Waals surface area contributed by atoms with Gasteiger partial charge in [-0.15, -0.1) is 0 Å². The quantitative estimate of drug-likeness (QED) is 0.613. The molecule has 0 spiro atoms.